The van der Waals surface area contributed by atoms with Crippen LogP contribution in [0.3, 0.4) is 0 Å². The van der Waals surface area contributed by atoms with Crippen LogP contribution in [0.2, 0.25) is 0 Å². The number of rotatable bonds is 5. The summed E-state index contributed by atoms with van der Waals surface area (Å²) in [7, 11) is 0. The van der Waals surface area contributed by atoms with E-state index in [-0.39, 0.29) is 11.7 Å². The second-order valence-corrected chi connectivity index (χ2v) is 8.14. The second-order valence-electron chi connectivity index (χ2n) is 7.16. The van der Waals surface area contributed by atoms with Gasteiger partial charge in [-0.1, -0.05) is 42.5 Å². The zero-order valence-electron chi connectivity index (χ0n) is 16.3. The zero-order valence-corrected chi connectivity index (χ0v) is 17.1. The topological polar surface area (TPSA) is 61.4 Å². The third kappa shape index (κ3) is 4.58. The number of halogens is 1. The highest BCUT2D eigenvalue weighted by Gasteiger charge is 2.27. The first-order chi connectivity index (χ1) is 14.6. The molecule has 7 heteroatoms. The average Bonchev–Trinajstić information content (AvgIpc) is 3.30. The summed E-state index contributed by atoms with van der Waals surface area (Å²) in [4.78, 5) is 28.0. The lowest BCUT2D eigenvalue weighted by molar-refractivity contribution is -0.136. The highest BCUT2D eigenvalue weighted by Crippen LogP contribution is 2.30. The van der Waals surface area contributed by atoms with Crippen LogP contribution in [0.25, 0.3) is 0 Å². The van der Waals surface area contributed by atoms with Crippen molar-refractivity contribution in [2.75, 3.05) is 18.4 Å². The van der Waals surface area contributed by atoms with E-state index in [9.17, 15) is 14.0 Å². The molecule has 30 heavy (non-hydrogen) atoms. The normalized spacial score (nSPS) is 14.6. The Morgan fingerprint density at radius 1 is 1.00 bits per heavy atom. The zero-order chi connectivity index (χ0) is 20.9. The van der Waals surface area contributed by atoms with Crippen molar-refractivity contribution in [3.05, 3.63) is 87.9 Å². The van der Waals surface area contributed by atoms with Gasteiger partial charge >= 0.3 is 11.8 Å². The van der Waals surface area contributed by atoms with Gasteiger partial charge in [-0.05, 0) is 41.1 Å². The number of thiophene rings is 1. The second kappa shape index (κ2) is 9.19. The predicted molar refractivity (Wildman–Crippen MR) is 116 cm³/mol. The highest BCUT2D eigenvalue weighted by atomic mass is 32.1. The molecule has 0 aliphatic carbocycles. The van der Waals surface area contributed by atoms with E-state index in [1.807, 2.05) is 23.6 Å². The fraction of sp³-hybridized carbons (Fsp3) is 0.217. The fourth-order valence-electron chi connectivity index (χ4n) is 3.69. The minimum absolute atomic E-state index is 0.0138. The van der Waals surface area contributed by atoms with Crippen molar-refractivity contribution in [3.8, 4) is 0 Å². The molecule has 4 rings (SSSR count). The maximum absolute atomic E-state index is 13.7. The Morgan fingerprint density at radius 2 is 1.77 bits per heavy atom. The Labute approximate surface area is 178 Å². The molecule has 0 saturated heterocycles. The van der Waals surface area contributed by atoms with Gasteiger partial charge < -0.3 is 10.6 Å². The molecule has 154 valence electrons. The molecule has 0 saturated carbocycles. The molecule has 1 aliphatic heterocycles. The Hall–Kier alpha value is -3.03. The number of para-hydroxylation sites is 1. The van der Waals surface area contributed by atoms with E-state index in [1.165, 1.54) is 29.3 Å². The largest absolute Gasteiger partial charge is 0.346 e. The third-order valence-corrected chi connectivity index (χ3v) is 6.23. The molecule has 2 N–H and O–H groups in total. The van der Waals surface area contributed by atoms with Crippen molar-refractivity contribution in [2.45, 2.75) is 19.0 Å². The molecule has 5 nitrogen and oxygen atoms in total. The van der Waals surface area contributed by atoms with E-state index >= 15 is 0 Å². The quantitative estimate of drug-likeness (QED) is 0.615. The smallest absolute Gasteiger partial charge is 0.313 e. The van der Waals surface area contributed by atoms with Gasteiger partial charge in [-0.15, -0.1) is 11.3 Å². The van der Waals surface area contributed by atoms with E-state index in [4.69, 9.17) is 0 Å². The molecule has 1 aromatic heterocycles. The van der Waals surface area contributed by atoms with Crippen LogP contribution >= 0.6 is 11.3 Å². The molecule has 0 radical (unpaired) electrons. The lowest BCUT2D eigenvalue weighted by Crippen LogP contribution is -2.43. The standard InChI is InChI=1S/C23H22FN3O2S/c24-18-8-3-4-9-19(18)26-23(29)22(28)25-14-20(21-10-5-13-30-21)27-12-11-16-6-1-2-7-17(16)15-27/h1-10,13,20H,11-12,14-15H2,(H,25,28)(H,26,29). The number of carbonyl (C=O) groups is 2. The number of hydrogen-bond donors (Lipinski definition) is 2. The summed E-state index contributed by atoms with van der Waals surface area (Å²) in [5, 5.41) is 7.05. The van der Waals surface area contributed by atoms with Crippen molar-refractivity contribution in [1.82, 2.24) is 10.2 Å². The van der Waals surface area contributed by atoms with E-state index in [0.29, 0.717) is 6.54 Å². The first-order valence-electron chi connectivity index (χ1n) is 9.80. The molecule has 2 amide bonds. The SMILES string of the molecule is O=C(NCC(c1cccs1)N1CCc2ccccc2C1)C(=O)Nc1ccccc1F. The van der Waals surface area contributed by atoms with Gasteiger partial charge in [-0.25, -0.2) is 4.39 Å². The molecule has 0 bridgehead atoms. The number of benzene rings is 2. The van der Waals surface area contributed by atoms with E-state index in [0.717, 1.165) is 24.4 Å². The number of fused-ring (bicyclic) bond motifs is 1. The molecule has 1 atom stereocenters. The summed E-state index contributed by atoms with van der Waals surface area (Å²) in [6.07, 6.45) is 0.944. The molecule has 1 unspecified atom stereocenters. The maximum atomic E-state index is 13.7. The molecule has 0 spiro atoms. The molecular weight excluding hydrogens is 401 g/mol. The number of carbonyl (C=O) groups excluding carboxylic acids is 2. The Bertz CT molecular complexity index is 1040. The van der Waals surface area contributed by atoms with Crippen LogP contribution in [-0.2, 0) is 22.6 Å². The number of nitrogens with one attached hydrogen (secondary N) is 2. The fourth-order valence-corrected chi connectivity index (χ4v) is 4.55. The van der Waals surface area contributed by atoms with Gasteiger partial charge in [0.2, 0.25) is 0 Å². The minimum atomic E-state index is -0.881. The Balaban J connectivity index is 1.43. The maximum Gasteiger partial charge on any atom is 0.313 e. The Morgan fingerprint density at radius 3 is 2.53 bits per heavy atom. The van der Waals surface area contributed by atoms with Gasteiger partial charge in [0.1, 0.15) is 5.82 Å². The Kier molecular flexibility index (Phi) is 6.21. The van der Waals surface area contributed by atoms with Gasteiger partial charge in [-0.3, -0.25) is 14.5 Å². The number of anilines is 1. The summed E-state index contributed by atoms with van der Waals surface area (Å²) < 4.78 is 13.7. The monoisotopic (exact) mass is 423 g/mol. The number of hydrogen-bond acceptors (Lipinski definition) is 4. The van der Waals surface area contributed by atoms with Crippen molar-refractivity contribution in [2.24, 2.45) is 0 Å². The van der Waals surface area contributed by atoms with Crippen molar-refractivity contribution in [3.63, 3.8) is 0 Å². The van der Waals surface area contributed by atoms with Crippen LogP contribution in [0.15, 0.2) is 66.0 Å². The van der Waals surface area contributed by atoms with Gasteiger partial charge in [0, 0.05) is 24.5 Å². The molecule has 1 aliphatic rings. The lowest BCUT2D eigenvalue weighted by atomic mass is 9.98. The summed E-state index contributed by atoms with van der Waals surface area (Å²) >= 11 is 1.63. The van der Waals surface area contributed by atoms with Gasteiger partial charge in [0.15, 0.2) is 0 Å². The van der Waals surface area contributed by atoms with Gasteiger partial charge in [-0.2, -0.15) is 0 Å². The minimum Gasteiger partial charge on any atom is -0.346 e. The summed E-state index contributed by atoms with van der Waals surface area (Å²) in [6.45, 7) is 1.96. The molecule has 3 aromatic rings. The van der Waals surface area contributed by atoms with Crippen LogP contribution in [0.1, 0.15) is 22.0 Å². The van der Waals surface area contributed by atoms with Crippen molar-refractivity contribution in [1.29, 1.82) is 0 Å². The summed E-state index contributed by atoms with van der Waals surface area (Å²) in [5.41, 5.74) is 2.63. The number of nitrogens with zero attached hydrogens (tertiary/aromatic N) is 1. The van der Waals surface area contributed by atoms with Crippen LogP contribution in [0, 0.1) is 5.82 Å². The number of amides is 2. The highest BCUT2D eigenvalue weighted by molar-refractivity contribution is 7.10. The first kappa shape index (κ1) is 20.3. The molecule has 0 fully saturated rings. The predicted octanol–water partition coefficient (Wildman–Crippen LogP) is 3.74. The summed E-state index contributed by atoms with van der Waals surface area (Å²) in [6, 6.07) is 18.1. The van der Waals surface area contributed by atoms with E-state index in [1.54, 1.807) is 17.4 Å². The van der Waals surface area contributed by atoms with Crippen molar-refractivity contribution >= 4 is 28.8 Å². The van der Waals surface area contributed by atoms with Crippen molar-refractivity contribution < 1.29 is 14.0 Å². The average molecular weight is 424 g/mol. The van der Waals surface area contributed by atoms with Gasteiger partial charge in [0.05, 0.1) is 11.7 Å². The molecular formula is C23H22FN3O2S. The van der Waals surface area contributed by atoms with Crippen LogP contribution in [0.5, 0.6) is 0 Å². The van der Waals surface area contributed by atoms with E-state index in [2.05, 4.69) is 33.7 Å². The summed E-state index contributed by atoms with van der Waals surface area (Å²) in [5.74, 6) is -2.24. The molecule has 2 heterocycles. The van der Waals surface area contributed by atoms with E-state index < -0.39 is 17.6 Å². The van der Waals surface area contributed by atoms with Gasteiger partial charge in [0.25, 0.3) is 0 Å². The molecule has 2 aromatic carbocycles. The first-order valence-corrected chi connectivity index (χ1v) is 10.7. The van der Waals surface area contributed by atoms with Crippen LogP contribution in [0.4, 0.5) is 10.1 Å². The lowest BCUT2D eigenvalue weighted by Gasteiger charge is -2.35. The van der Waals surface area contributed by atoms with Crippen LogP contribution in [-0.4, -0.2) is 29.8 Å². The van der Waals surface area contributed by atoms with Crippen LogP contribution < -0.4 is 10.6 Å². The third-order valence-electron chi connectivity index (χ3n) is 5.26.